The second kappa shape index (κ2) is 5.47. The van der Waals surface area contributed by atoms with Crippen LogP contribution in [-0.2, 0) is 23.1 Å². The molecule has 10 heteroatoms. The van der Waals surface area contributed by atoms with Gasteiger partial charge in [-0.15, -0.1) is 5.10 Å². The Kier molecular flexibility index (Phi) is 3.93. The van der Waals surface area contributed by atoms with Gasteiger partial charge in [0, 0.05) is 30.5 Å². The number of aryl methyl sites for hydroxylation is 1. The minimum Gasteiger partial charge on any atom is -0.326 e. The number of aromatic nitrogens is 5. The molecule has 0 aliphatic carbocycles. The van der Waals surface area contributed by atoms with E-state index in [-0.39, 0.29) is 18.1 Å². The number of nitrogens with zero attached hydrogens (tertiary/aromatic N) is 4. The number of nitrogens with two attached hydrogens (primary N) is 1. The summed E-state index contributed by atoms with van der Waals surface area (Å²) in [6.45, 7) is 2.42. The number of H-pyrrole nitrogens is 1. The highest BCUT2D eigenvalue weighted by molar-refractivity contribution is 7.89. The third-order valence-electron chi connectivity index (χ3n) is 2.60. The lowest BCUT2D eigenvalue weighted by Gasteiger charge is -2.05. The van der Waals surface area contributed by atoms with Crippen LogP contribution < -0.4 is 10.5 Å². The zero-order valence-corrected chi connectivity index (χ0v) is 11.2. The van der Waals surface area contributed by atoms with Crippen molar-refractivity contribution in [1.29, 1.82) is 0 Å². The van der Waals surface area contributed by atoms with E-state index in [1.54, 1.807) is 13.1 Å². The van der Waals surface area contributed by atoms with Crippen molar-refractivity contribution < 1.29 is 8.42 Å². The van der Waals surface area contributed by atoms with Gasteiger partial charge in [0.25, 0.3) is 10.0 Å². The summed E-state index contributed by atoms with van der Waals surface area (Å²) in [6.07, 6.45) is 3.18. The summed E-state index contributed by atoms with van der Waals surface area (Å²) >= 11 is 0. The fraction of sp³-hybridized carbons (Fsp3) is 0.444. The number of sulfonamides is 1. The second-order valence-electron chi connectivity index (χ2n) is 3.90. The van der Waals surface area contributed by atoms with Gasteiger partial charge in [0.05, 0.1) is 12.7 Å². The molecule has 0 spiro atoms. The number of hydrogen-bond acceptors (Lipinski definition) is 6. The van der Waals surface area contributed by atoms with Crippen molar-refractivity contribution in [3.05, 3.63) is 23.7 Å². The Labute approximate surface area is 110 Å². The molecule has 2 rings (SSSR count). The molecule has 0 amide bonds. The quantitative estimate of drug-likeness (QED) is 0.607. The molecule has 0 aliphatic heterocycles. The van der Waals surface area contributed by atoms with Crippen molar-refractivity contribution in [2.75, 3.05) is 6.54 Å². The Morgan fingerprint density at radius 1 is 1.53 bits per heavy atom. The highest BCUT2D eigenvalue weighted by Crippen LogP contribution is 2.14. The van der Waals surface area contributed by atoms with Gasteiger partial charge in [0.1, 0.15) is 0 Å². The fourth-order valence-electron chi connectivity index (χ4n) is 1.61. The standard InChI is InChI=1S/C9H15N7O2S/c1-7-8(6-10)9(14-13-7)19(17,18)12-3-5-16-4-2-11-15-16/h2,4,12H,3,5-6,10H2,1H3,(H,13,14). The highest BCUT2D eigenvalue weighted by atomic mass is 32.2. The topological polar surface area (TPSA) is 132 Å². The summed E-state index contributed by atoms with van der Waals surface area (Å²) in [4.78, 5) is 0. The summed E-state index contributed by atoms with van der Waals surface area (Å²) in [7, 11) is -3.67. The highest BCUT2D eigenvalue weighted by Gasteiger charge is 2.22. The van der Waals surface area contributed by atoms with E-state index in [0.717, 1.165) is 0 Å². The molecule has 0 aliphatic rings. The Balaban J connectivity index is 2.05. The summed E-state index contributed by atoms with van der Waals surface area (Å²) in [6, 6.07) is 0. The van der Waals surface area contributed by atoms with Crippen LogP contribution in [0.3, 0.4) is 0 Å². The summed E-state index contributed by atoms with van der Waals surface area (Å²) in [5.41, 5.74) is 6.67. The summed E-state index contributed by atoms with van der Waals surface area (Å²) in [5, 5.41) is 13.7. The molecular formula is C9H15N7O2S. The lowest BCUT2D eigenvalue weighted by atomic mass is 10.3. The molecule has 0 aromatic carbocycles. The average molecular weight is 285 g/mol. The summed E-state index contributed by atoms with van der Waals surface area (Å²) in [5.74, 6) is 0. The largest absolute Gasteiger partial charge is 0.326 e. The Bertz CT molecular complexity index is 632. The van der Waals surface area contributed by atoms with E-state index in [9.17, 15) is 8.42 Å². The van der Waals surface area contributed by atoms with Crippen molar-refractivity contribution in [2.24, 2.45) is 5.73 Å². The molecule has 104 valence electrons. The Hall–Kier alpha value is -1.78. The fourth-order valence-corrected chi connectivity index (χ4v) is 2.83. The van der Waals surface area contributed by atoms with Crippen molar-refractivity contribution in [3.8, 4) is 0 Å². The molecule has 0 saturated carbocycles. The maximum atomic E-state index is 12.1. The van der Waals surface area contributed by atoms with Gasteiger partial charge < -0.3 is 5.73 Å². The lowest BCUT2D eigenvalue weighted by Crippen LogP contribution is -2.29. The average Bonchev–Trinajstić information content (AvgIpc) is 2.98. The van der Waals surface area contributed by atoms with Gasteiger partial charge in [-0.1, -0.05) is 5.21 Å². The van der Waals surface area contributed by atoms with Crippen molar-refractivity contribution in [2.45, 2.75) is 25.0 Å². The van der Waals surface area contributed by atoms with E-state index in [2.05, 4.69) is 25.2 Å². The first-order chi connectivity index (χ1) is 9.04. The van der Waals surface area contributed by atoms with Crippen LogP contribution in [0.1, 0.15) is 11.3 Å². The molecule has 0 atom stereocenters. The van der Waals surface area contributed by atoms with Gasteiger partial charge in [-0.25, -0.2) is 13.1 Å². The molecule has 2 aromatic rings. The number of aromatic amines is 1. The smallest absolute Gasteiger partial charge is 0.260 e. The molecular weight excluding hydrogens is 270 g/mol. The van der Waals surface area contributed by atoms with Crippen molar-refractivity contribution in [3.63, 3.8) is 0 Å². The maximum Gasteiger partial charge on any atom is 0.260 e. The van der Waals surface area contributed by atoms with E-state index in [0.29, 0.717) is 17.8 Å². The first-order valence-electron chi connectivity index (χ1n) is 5.62. The van der Waals surface area contributed by atoms with Crippen LogP contribution >= 0.6 is 0 Å². The van der Waals surface area contributed by atoms with E-state index < -0.39 is 10.0 Å². The first kappa shape index (κ1) is 13.6. The normalized spacial score (nSPS) is 11.9. The molecule has 4 N–H and O–H groups in total. The first-order valence-corrected chi connectivity index (χ1v) is 7.10. The SMILES string of the molecule is Cc1[nH]nc(S(=O)(=O)NCCn2ccnn2)c1CN. The second-order valence-corrected chi connectivity index (χ2v) is 5.58. The monoisotopic (exact) mass is 285 g/mol. The van der Waals surface area contributed by atoms with Crippen LogP contribution in [0.4, 0.5) is 0 Å². The Morgan fingerprint density at radius 2 is 2.32 bits per heavy atom. The Morgan fingerprint density at radius 3 is 2.95 bits per heavy atom. The van der Waals surface area contributed by atoms with Gasteiger partial charge >= 0.3 is 0 Å². The van der Waals surface area contributed by atoms with Crippen LogP contribution in [0.15, 0.2) is 17.4 Å². The predicted molar refractivity (Wildman–Crippen MR) is 66.4 cm³/mol. The van der Waals surface area contributed by atoms with Crippen LogP contribution in [0.25, 0.3) is 0 Å². The maximum absolute atomic E-state index is 12.1. The molecule has 2 aromatic heterocycles. The van der Waals surface area contributed by atoms with Crippen LogP contribution in [-0.4, -0.2) is 40.2 Å². The molecule has 0 unspecified atom stereocenters. The van der Waals surface area contributed by atoms with Gasteiger partial charge in [0.15, 0.2) is 5.03 Å². The van der Waals surface area contributed by atoms with E-state index >= 15 is 0 Å². The van der Waals surface area contributed by atoms with Gasteiger partial charge in [0.2, 0.25) is 0 Å². The van der Waals surface area contributed by atoms with Gasteiger partial charge in [-0.3, -0.25) is 9.78 Å². The van der Waals surface area contributed by atoms with E-state index in [1.807, 2.05) is 0 Å². The minimum absolute atomic E-state index is 0.0499. The summed E-state index contributed by atoms with van der Waals surface area (Å²) < 4.78 is 28.1. The molecule has 0 fully saturated rings. The van der Waals surface area contributed by atoms with Crippen LogP contribution in [0.2, 0.25) is 0 Å². The third kappa shape index (κ3) is 2.97. The van der Waals surface area contributed by atoms with E-state index in [1.165, 1.54) is 10.9 Å². The number of nitrogens with one attached hydrogen (secondary N) is 2. The molecule has 9 nitrogen and oxygen atoms in total. The van der Waals surface area contributed by atoms with Crippen molar-refractivity contribution >= 4 is 10.0 Å². The third-order valence-corrected chi connectivity index (χ3v) is 4.03. The lowest BCUT2D eigenvalue weighted by molar-refractivity contribution is 0.549. The molecule has 0 radical (unpaired) electrons. The zero-order chi connectivity index (χ0) is 13.9. The van der Waals surface area contributed by atoms with E-state index in [4.69, 9.17) is 5.73 Å². The van der Waals surface area contributed by atoms with Crippen LogP contribution in [0.5, 0.6) is 0 Å². The van der Waals surface area contributed by atoms with Gasteiger partial charge in [-0.05, 0) is 6.92 Å². The van der Waals surface area contributed by atoms with Crippen molar-refractivity contribution in [1.82, 2.24) is 29.9 Å². The minimum atomic E-state index is -3.67. The molecule has 19 heavy (non-hydrogen) atoms. The molecule has 0 bridgehead atoms. The van der Waals surface area contributed by atoms with Gasteiger partial charge in [-0.2, -0.15) is 5.10 Å². The molecule has 0 saturated heterocycles. The van der Waals surface area contributed by atoms with Crippen LogP contribution in [0, 0.1) is 6.92 Å². The number of rotatable bonds is 6. The number of hydrogen-bond donors (Lipinski definition) is 3. The zero-order valence-electron chi connectivity index (χ0n) is 10.4. The molecule has 2 heterocycles. The predicted octanol–water partition coefficient (Wildman–Crippen LogP) is -1.25.